The lowest BCUT2D eigenvalue weighted by atomic mass is 10.2. The van der Waals surface area contributed by atoms with Gasteiger partial charge in [0.1, 0.15) is 13.2 Å². The van der Waals surface area contributed by atoms with E-state index in [1.165, 1.54) is 18.7 Å². The van der Waals surface area contributed by atoms with Crippen LogP contribution in [0.15, 0.2) is 47.4 Å². The van der Waals surface area contributed by atoms with Crippen molar-refractivity contribution in [2.24, 2.45) is 0 Å². The van der Waals surface area contributed by atoms with E-state index in [-0.39, 0.29) is 11.8 Å². The van der Waals surface area contributed by atoms with Crippen molar-refractivity contribution < 1.29 is 19.1 Å². The number of benzene rings is 2. The SMILES string of the molecule is CC(=O)Nc1ccc(SCC(=O)NCc2ccc3c(c2)OCCO3)cc1. The zero-order valence-corrected chi connectivity index (χ0v) is 15.2. The van der Waals surface area contributed by atoms with Crippen LogP contribution in [0, 0.1) is 0 Å². The van der Waals surface area contributed by atoms with E-state index in [4.69, 9.17) is 9.47 Å². The average Bonchev–Trinajstić information content (AvgIpc) is 2.65. The Hall–Kier alpha value is -2.67. The van der Waals surface area contributed by atoms with Crippen molar-refractivity contribution in [1.82, 2.24) is 5.32 Å². The Morgan fingerprint density at radius 3 is 2.50 bits per heavy atom. The van der Waals surface area contributed by atoms with Crippen LogP contribution in [0.25, 0.3) is 0 Å². The number of thioether (sulfide) groups is 1. The Balaban J connectivity index is 1.45. The molecule has 0 saturated heterocycles. The topological polar surface area (TPSA) is 76.7 Å². The van der Waals surface area contributed by atoms with Gasteiger partial charge in [0.25, 0.3) is 0 Å². The predicted molar refractivity (Wildman–Crippen MR) is 101 cm³/mol. The van der Waals surface area contributed by atoms with E-state index >= 15 is 0 Å². The van der Waals surface area contributed by atoms with Crippen molar-refractivity contribution in [2.75, 3.05) is 24.3 Å². The van der Waals surface area contributed by atoms with Crippen molar-refractivity contribution in [3.8, 4) is 11.5 Å². The molecule has 0 atom stereocenters. The fourth-order valence-corrected chi connectivity index (χ4v) is 3.16. The monoisotopic (exact) mass is 372 g/mol. The number of amides is 2. The van der Waals surface area contributed by atoms with Crippen LogP contribution in [0.3, 0.4) is 0 Å². The highest BCUT2D eigenvalue weighted by atomic mass is 32.2. The largest absolute Gasteiger partial charge is 0.486 e. The quantitative estimate of drug-likeness (QED) is 0.763. The van der Waals surface area contributed by atoms with Crippen molar-refractivity contribution in [3.05, 3.63) is 48.0 Å². The molecule has 136 valence electrons. The number of anilines is 1. The molecule has 2 aromatic carbocycles. The summed E-state index contributed by atoms with van der Waals surface area (Å²) in [6.45, 7) is 3.01. The highest BCUT2D eigenvalue weighted by Crippen LogP contribution is 2.30. The minimum Gasteiger partial charge on any atom is -0.486 e. The molecule has 0 radical (unpaired) electrons. The van der Waals surface area contributed by atoms with Gasteiger partial charge >= 0.3 is 0 Å². The van der Waals surface area contributed by atoms with E-state index in [1.54, 1.807) is 0 Å². The maximum absolute atomic E-state index is 12.0. The van der Waals surface area contributed by atoms with Crippen molar-refractivity contribution in [3.63, 3.8) is 0 Å². The second-order valence-corrected chi connectivity index (χ2v) is 6.80. The molecule has 0 saturated carbocycles. The third-order valence-electron chi connectivity index (χ3n) is 3.64. The summed E-state index contributed by atoms with van der Waals surface area (Å²) in [6.07, 6.45) is 0. The average molecular weight is 372 g/mol. The normalized spacial score (nSPS) is 12.3. The van der Waals surface area contributed by atoms with Crippen LogP contribution in [0.2, 0.25) is 0 Å². The van der Waals surface area contributed by atoms with Gasteiger partial charge in [0.15, 0.2) is 11.5 Å². The maximum atomic E-state index is 12.0. The van der Waals surface area contributed by atoms with Crippen LogP contribution in [0.5, 0.6) is 11.5 Å². The van der Waals surface area contributed by atoms with Gasteiger partial charge < -0.3 is 20.1 Å². The van der Waals surface area contributed by atoms with Crippen LogP contribution < -0.4 is 20.1 Å². The first-order valence-corrected chi connectivity index (χ1v) is 9.24. The molecule has 1 heterocycles. The molecule has 7 heteroatoms. The van der Waals surface area contributed by atoms with Crippen molar-refractivity contribution in [1.29, 1.82) is 0 Å². The fourth-order valence-electron chi connectivity index (χ4n) is 2.44. The van der Waals surface area contributed by atoms with Gasteiger partial charge in [-0.05, 0) is 42.0 Å². The molecule has 2 N–H and O–H groups in total. The number of hydrogen-bond acceptors (Lipinski definition) is 5. The summed E-state index contributed by atoms with van der Waals surface area (Å²) in [5, 5.41) is 5.61. The van der Waals surface area contributed by atoms with Gasteiger partial charge in [0, 0.05) is 24.1 Å². The Morgan fingerprint density at radius 2 is 1.77 bits per heavy atom. The molecule has 2 amide bonds. The molecular weight excluding hydrogens is 352 g/mol. The van der Waals surface area contributed by atoms with Crippen LogP contribution in [-0.2, 0) is 16.1 Å². The fraction of sp³-hybridized carbons (Fsp3) is 0.263. The third-order valence-corrected chi connectivity index (χ3v) is 4.65. The smallest absolute Gasteiger partial charge is 0.230 e. The molecule has 0 aromatic heterocycles. The second kappa shape index (κ2) is 8.62. The molecule has 1 aliphatic rings. The second-order valence-electron chi connectivity index (χ2n) is 5.75. The summed E-state index contributed by atoms with van der Waals surface area (Å²) in [6, 6.07) is 13.1. The minimum atomic E-state index is -0.107. The van der Waals surface area contributed by atoms with Gasteiger partial charge in [-0.15, -0.1) is 11.8 Å². The molecule has 0 spiro atoms. The van der Waals surface area contributed by atoms with Crippen molar-refractivity contribution in [2.45, 2.75) is 18.4 Å². The first-order chi connectivity index (χ1) is 12.6. The first kappa shape index (κ1) is 18.1. The van der Waals surface area contributed by atoms with E-state index in [1.807, 2.05) is 42.5 Å². The number of fused-ring (bicyclic) bond motifs is 1. The van der Waals surface area contributed by atoms with E-state index in [9.17, 15) is 9.59 Å². The highest BCUT2D eigenvalue weighted by molar-refractivity contribution is 8.00. The zero-order chi connectivity index (χ0) is 18.4. The molecule has 0 unspecified atom stereocenters. The summed E-state index contributed by atoms with van der Waals surface area (Å²) in [4.78, 5) is 24.0. The Morgan fingerprint density at radius 1 is 1.04 bits per heavy atom. The van der Waals surface area contributed by atoms with Gasteiger partial charge in [-0.2, -0.15) is 0 Å². The minimum absolute atomic E-state index is 0.0455. The zero-order valence-electron chi connectivity index (χ0n) is 14.4. The maximum Gasteiger partial charge on any atom is 0.230 e. The Labute approximate surface area is 156 Å². The molecular formula is C19H20N2O4S. The Kier molecular flexibility index (Phi) is 6.01. The van der Waals surface area contributed by atoms with E-state index in [0.29, 0.717) is 25.5 Å². The first-order valence-electron chi connectivity index (χ1n) is 8.26. The molecule has 26 heavy (non-hydrogen) atoms. The van der Waals surface area contributed by atoms with Crippen LogP contribution in [-0.4, -0.2) is 30.8 Å². The van der Waals surface area contributed by atoms with Crippen LogP contribution in [0.4, 0.5) is 5.69 Å². The standard InChI is InChI=1S/C19H20N2O4S/c1-13(22)21-15-3-5-16(6-4-15)26-12-19(23)20-11-14-2-7-17-18(10-14)25-9-8-24-17/h2-7,10H,8-9,11-12H2,1H3,(H,20,23)(H,21,22). The number of nitrogens with one attached hydrogen (secondary N) is 2. The van der Waals surface area contributed by atoms with E-state index < -0.39 is 0 Å². The van der Waals surface area contributed by atoms with Crippen molar-refractivity contribution >= 4 is 29.3 Å². The molecule has 0 bridgehead atoms. The van der Waals surface area contributed by atoms with E-state index in [0.717, 1.165) is 27.6 Å². The molecule has 2 aromatic rings. The number of ether oxygens (including phenoxy) is 2. The van der Waals surface area contributed by atoms with E-state index in [2.05, 4.69) is 10.6 Å². The third kappa shape index (κ3) is 5.16. The molecule has 6 nitrogen and oxygen atoms in total. The van der Waals surface area contributed by atoms with Gasteiger partial charge in [-0.3, -0.25) is 9.59 Å². The lowest BCUT2D eigenvalue weighted by molar-refractivity contribution is -0.118. The molecule has 0 aliphatic carbocycles. The van der Waals surface area contributed by atoms with Gasteiger partial charge in [0.05, 0.1) is 5.75 Å². The number of carbonyl (C=O) groups is 2. The number of carbonyl (C=O) groups excluding carboxylic acids is 2. The van der Waals surface area contributed by atoms with Crippen LogP contribution in [0.1, 0.15) is 12.5 Å². The summed E-state index contributed by atoms with van der Waals surface area (Å²) in [7, 11) is 0. The molecule has 1 aliphatic heterocycles. The predicted octanol–water partition coefficient (Wildman–Crippen LogP) is 2.82. The lowest BCUT2D eigenvalue weighted by Crippen LogP contribution is -2.24. The summed E-state index contributed by atoms with van der Waals surface area (Å²) < 4.78 is 11.0. The number of hydrogen-bond donors (Lipinski definition) is 2. The lowest BCUT2D eigenvalue weighted by Gasteiger charge is -2.19. The van der Waals surface area contributed by atoms with Gasteiger partial charge in [0.2, 0.25) is 11.8 Å². The van der Waals surface area contributed by atoms with Crippen LogP contribution >= 0.6 is 11.8 Å². The Bertz CT molecular complexity index is 793. The summed E-state index contributed by atoms with van der Waals surface area (Å²) >= 11 is 1.44. The van der Waals surface area contributed by atoms with Gasteiger partial charge in [-0.1, -0.05) is 6.07 Å². The molecule has 0 fully saturated rings. The van der Waals surface area contributed by atoms with Gasteiger partial charge in [-0.25, -0.2) is 0 Å². The number of rotatable bonds is 6. The molecule has 3 rings (SSSR count). The summed E-state index contributed by atoms with van der Waals surface area (Å²) in [5.74, 6) is 1.63. The summed E-state index contributed by atoms with van der Waals surface area (Å²) in [5.41, 5.74) is 1.71. The highest BCUT2D eigenvalue weighted by Gasteiger charge is 2.12.